The molecule has 2 aromatic rings. The molecular weight excluding hydrogens is 262 g/mol. The average molecular weight is 283 g/mol. The monoisotopic (exact) mass is 283 g/mol. The van der Waals surface area contributed by atoms with Crippen molar-refractivity contribution in [2.45, 2.75) is 44.4 Å². The molecule has 110 valence electrons. The minimum Gasteiger partial charge on any atom is -0.339 e. The molecule has 1 heterocycles. The van der Waals surface area contributed by atoms with E-state index in [1.54, 1.807) is 0 Å². The average Bonchev–Trinajstić information content (AvgIpc) is 3.09. The summed E-state index contributed by atoms with van der Waals surface area (Å²) < 4.78 is 5.49. The fraction of sp³-hybridized carbons (Fsp3) is 0.529. The van der Waals surface area contributed by atoms with Gasteiger partial charge in [-0.1, -0.05) is 35.8 Å². The Morgan fingerprint density at radius 2 is 1.90 bits per heavy atom. The molecule has 0 atom stereocenters. The summed E-state index contributed by atoms with van der Waals surface area (Å²) in [5, 5.41) is 4.23. The highest BCUT2D eigenvalue weighted by atomic mass is 16.5. The molecule has 0 radical (unpaired) electrons. The van der Waals surface area contributed by atoms with Crippen LogP contribution in [0.5, 0.6) is 0 Å². The third-order valence-corrected chi connectivity index (χ3v) is 5.27. The van der Waals surface area contributed by atoms with Gasteiger partial charge in [-0.15, -0.1) is 0 Å². The lowest BCUT2D eigenvalue weighted by Gasteiger charge is -2.39. The van der Waals surface area contributed by atoms with Crippen molar-refractivity contribution in [2.75, 3.05) is 6.54 Å². The number of benzene rings is 1. The van der Waals surface area contributed by atoms with Crippen LogP contribution in [0.15, 0.2) is 28.8 Å². The second-order valence-corrected chi connectivity index (χ2v) is 6.65. The van der Waals surface area contributed by atoms with Crippen LogP contribution in [-0.2, 0) is 19.3 Å². The van der Waals surface area contributed by atoms with Gasteiger partial charge in [0, 0.05) is 12.3 Å². The molecule has 0 saturated heterocycles. The zero-order chi connectivity index (χ0) is 14.3. The van der Waals surface area contributed by atoms with E-state index < -0.39 is 0 Å². The Bertz CT molecular complexity index is 614. The Morgan fingerprint density at radius 3 is 2.48 bits per heavy atom. The van der Waals surface area contributed by atoms with E-state index in [0.29, 0.717) is 5.92 Å². The first kappa shape index (κ1) is 13.0. The van der Waals surface area contributed by atoms with Crippen molar-refractivity contribution >= 4 is 0 Å². The van der Waals surface area contributed by atoms with Crippen LogP contribution in [0.4, 0.5) is 0 Å². The summed E-state index contributed by atoms with van der Waals surface area (Å²) in [6.07, 6.45) is 6.55. The van der Waals surface area contributed by atoms with Crippen LogP contribution >= 0.6 is 0 Å². The topological polar surface area (TPSA) is 64.9 Å². The maximum Gasteiger partial charge on any atom is 0.227 e. The lowest BCUT2D eigenvalue weighted by Crippen LogP contribution is -2.39. The number of hydrogen-bond donors (Lipinski definition) is 1. The molecule has 2 aliphatic carbocycles. The van der Waals surface area contributed by atoms with Gasteiger partial charge in [0.15, 0.2) is 5.82 Å². The van der Waals surface area contributed by atoms with E-state index in [2.05, 4.69) is 34.4 Å². The quantitative estimate of drug-likeness (QED) is 0.936. The van der Waals surface area contributed by atoms with E-state index in [-0.39, 0.29) is 5.41 Å². The van der Waals surface area contributed by atoms with Crippen LogP contribution in [0, 0.1) is 5.41 Å². The van der Waals surface area contributed by atoms with Gasteiger partial charge in [-0.25, -0.2) is 0 Å². The van der Waals surface area contributed by atoms with Crippen LogP contribution in [0.1, 0.15) is 48.0 Å². The van der Waals surface area contributed by atoms with E-state index in [1.807, 2.05) is 0 Å². The van der Waals surface area contributed by atoms with Crippen LogP contribution < -0.4 is 5.73 Å². The van der Waals surface area contributed by atoms with Gasteiger partial charge in [0.2, 0.25) is 5.89 Å². The molecule has 0 aliphatic heterocycles. The van der Waals surface area contributed by atoms with Crippen LogP contribution in [0.3, 0.4) is 0 Å². The maximum atomic E-state index is 5.91. The smallest absolute Gasteiger partial charge is 0.227 e. The summed E-state index contributed by atoms with van der Waals surface area (Å²) in [5.74, 6) is 2.01. The highest BCUT2D eigenvalue weighted by Crippen LogP contribution is 2.42. The molecular formula is C17H21N3O. The van der Waals surface area contributed by atoms with E-state index in [1.165, 1.54) is 30.4 Å². The fourth-order valence-electron chi connectivity index (χ4n) is 3.70. The largest absolute Gasteiger partial charge is 0.339 e. The van der Waals surface area contributed by atoms with Gasteiger partial charge in [0.05, 0.1) is 0 Å². The van der Waals surface area contributed by atoms with Gasteiger partial charge < -0.3 is 10.3 Å². The van der Waals surface area contributed by atoms with Crippen LogP contribution in [-0.4, -0.2) is 16.7 Å². The summed E-state index contributed by atoms with van der Waals surface area (Å²) in [6, 6.07) is 8.61. The normalized spacial score (nSPS) is 20.2. The van der Waals surface area contributed by atoms with Gasteiger partial charge in [0.1, 0.15) is 0 Å². The molecule has 21 heavy (non-hydrogen) atoms. The first-order valence-corrected chi connectivity index (χ1v) is 7.87. The summed E-state index contributed by atoms with van der Waals surface area (Å²) in [4.78, 5) is 4.66. The van der Waals surface area contributed by atoms with Crippen molar-refractivity contribution in [1.82, 2.24) is 10.1 Å². The lowest BCUT2D eigenvalue weighted by molar-refractivity contribution is 0.129. The zero-order valence-corrected chi connectivity index (χ0v) is 12.2. The molecule has 2 aliphatic rings. The van der Waals surface area contributed by atoms with E-state index in [9.17, 15) is 0 Å². The molecule has 1 aromatic carbocycles. The van der Waals surface area contributed by atoms with Crippen molar-refractivity contribution in [3.05, 3.63) is 47.1 Å². The Hall–Kier alpha value is -1.68. The van der Waals surface area contributed by atoms with Crippen molar-refractivity contribution in [1.29, 1.82) is 0 Å². The minimum atomic E-state index is 0.225. The molecule has 0 bridgehead atoms. The molecule has 1 saturated carbocycles. The standard InChI is InChI=1S/C17H21N3O/c18-11-17(6-3-7-17)10-15-19-16(20-21-15)14-8-12-4-1-2-5-13(12)9-14/h1-2,4-5,14H,3,6-11,18H2. The number of rotatable bonds is 4. The van der Waals surface area contributed by atoms with Gasteiger partial charge in [-0.3, -0.25) is 0 Å². The van der Waals surface area contributed by atoms with Crippen molar-refractivity contribution in [2.24, 2.45) is 11.1 Å². The molecule has 4 rings (SSSR count). The SMILES string of the molecule is NCC1(Cc2nc(C3Cc4ccccc4C3)no2)CCC1. The number of fused-ring (bicyclic) bond motifs is 1. The first-order chi connectivity index (χ1) is 10.3. The number of nitrogens with zero attached hydrogens (tertiary/aromatic N) is 2. The second kappa shape index (κ2) is 4.95. The summed E-state index contributed by atoms with van der Waals surface area (Å²) in [6.45, 7) is 0.722. The minimum absolute atomic E-state index is 0.225. The third kappa shape index (κ3) is 2.27. The Kier molecular flexibility index (Phi) is 3.07. The van der Waals surface area contributed by atoms with Gasteiger partial charge >= 0.3 is 0 Å². The predicted molar refractivity (Wildman–Crippen MR) is 79.9 cm³/mol. The van der Waals surface area contributed by atoms with E-state index in [4.69, 9.17) is 10.3 Å². The van der Waals surface area contributed by atoms with E-state index >= 15 is 0 Å². The van der Waals surface area contributed by atoms with Gasteiger partial charge in [-0.2, -0.15) is 4.98 Å². The molecule has 1 aromatic heterocycles. The van der Waals surface area contributed by atoms with Crippen LogP contribution in [0.25, 0.3) is 0 Å². The summed E-state index contributed by atoms with van der Waals surface area (Å²) >= 11 is 0. The van der Waals surface area contributed by atoms with Gasteiger partial charge in [-0.05, 0) is 48.8 Å². The number of nitrogens with two attached hydrogens (primary N) is 1. The first-order valence-electron chi connectivity index (χ1n) is 7.87. The summed E-state index contributed by atoms with van der Waals surface area (Å²) in [5.41, 5.74) is 8.98. The van der Waals surface area contributed by atoms with Crippen molar-refractivity contribution in [3.63, 3.8) is 0 Å². The predicted octanol–water partition coefficient (Wildman–Crippen LogP) is 2.62. The highest BCUT2D eigenvalue weighted by molar-refractivity contribution is 5.34. The zero-order valence-electron chi connectivity index (χ0n) is 12.2. The van der Waals surface area contributed by atoms with Gasteiger partial charge in [0.25, 0.3) is 0 Å². The molecule has 0 spiro atoms. The van der Waals surface area contributed by atoms with Crippen molar-refractivity contribution < 1.29 is 4.52 Å². The molecule has 0 unspecified atom stereocenters. The third-order valence-electron chi connectivity index (χ3n) is 5.27. The molecule has 2 N–H and O–H groups in total. The Morgan fingerprint density at radius 1 is 1.19 bits per heavy atom. The van der Waals surface area contributed by atoms with Crippen molar-refractivity contribution in [3.8, 4) is 0 Å². The van der Waals surface area contributed by atoms with E-state index in [0.717, 1.165) is 37.5 Å². The summed E-state index contributed by atoms with van der Waals surface area (Å²) in [7, 11) is 0. The second-order valence-electron chi connectivity index (χ2n) is 6.65. The van der Waals surface area contributed by atoms with Crippen LogP contribution in [0.2, 0.25) is 0 Å². The molecule has 0 amide bonds. The molecule has 4 nitrogen and oxygen atoms in total. The highest BCUT2D eigenvalue weighted by Gasteiger charge is 2.37. The maximum absolute atomic E-state index is 5.91. The lowest BCUT2D eigenvalue weighted by atomic mass is 9.67. The number of hydrogen-bond acceptors (Lipinski definition) is 4. The number of aromatic nitrogens is 2. The Labute approximate surface area is 124 Å². The molecule has 4 heteroatoms. The fourth-order valence-corrected chi connectivity index (χ4v) is 3.70. The Balaban J connectivity index is 1.48. The molecule has 1 fully saturated rings.